The lowest BCUT2D eigenvalue weighted by Gasteiger charge is -2.19. The SMILES string of the molecule is CCOC(=O)c1c(-c2c(F)cc(OCc3ccc(C(C)C)cc3)cc2F)c(-c2ccncc2)nn1CCNC(=O)OC(C)(C)C. The van der Waals surface area contributed by atoms with Gasteiger partial charge in [-0.2, -0.15) is 5.10 Å². The molecule has 1 N–H and O–H groups in total. The van der Waals surface area contributed by atoms with Crippen molar-refractivity contribution in [1.82, 2.24) is 20.1 Å². The first-order chi connectivity index (χ1) is 21.4. The molecule has 0 aliphatic heterocycles. The fourth-order valence-corrected chi connectivity index (χ4v) is 4.59. The van der Waals surface area contributed by atoms with E-state index in [4.69, 9.17) is 14.2 Å². The van der Waals surface area contributed by atoms with Gasteiger partial charge in [0.25, 0.3) is 0 Å². The van der Waals surface area contributed by atoms with E-state index in [1.807, 2.05) is 24.3 Å². The number of hydrogen-bond donors (Lipinski definition) is 1. The lowest BCUT2D eigenvalue weighted by Crippen LogP contribution is -2.34. The second-order valence-corrected chi connectivity index (χ2v) is 11.6. The van der Waals surface area contributed by atoms with E-state index in [9.17, 15) is 9.59 Å². The van der Waals surface area contributed by atoms with Gasteiger partial charge in [0.1, 0.15) is 35.3 Å². The molecule has 0 aliphatic carbocycles. The molecule has 0 atom stereocenters. The Morgan fingerprint density at radius 1 is 0.978 bits per heavy atom. The number of pyridine rings is 1. The first kappa shape index (κ1) is 33.1. The lowest BCUT2D eigenvalue weighted by atomic mass is 9.98. The Morgan fingerprint density at radius 2 is 1.62 bits per heavy atom. The molecule has 1 amide bonds. The normalized spacial score (nSPS) is 11.4. The van der Waals surface area contributed by atoms with E-state index in [2.05, 4.69) is 29.2 Å². The van der Waals surface area contributed by atoms with Gasteiger partial charge in [0.2, 0.25) is 0 Å². The summed E-state index contributed by atoms with van der Waals surface area (Å²) in [6.45, 7) is 11.1. The summed E-state index contributed by atoms with van der Waals surface area (Å²) in [4.78, 5) is 29.6. The number of benzene rings is 2. The van der Waals surface area contributed by atoms with Crippen molar-refractivity contribution < 1.29 is 32.6 Å². The number of carbonyl (C=O) groups excluding carboxylic acids is 2. The summed E-state index contributed by atoms with van der Waals surface area (Å²) in [7, 11) is 0. The van der Waals surface area contributed by atoms with Gasteiger partial charge in [0.15, 0.2) is 5.69 Å². The van der Waals surface area contributed by atoms with E-state index >= 15 is 8.78 Å². The Morgan fingerprint density at radius 3 is 2.20 bits per heavy atom. The van der Waals surface area contributed by atoms with Crippen LogP contribution in [0.5, 0.6) is 5.75 Å². The highest BCUT2D eigenvalue weighted by Crippen LogP contribution is 2.39. The average molecular weight is 621 g/mol. The fraction of sp³-hybridized carbons (Fsp3) is 0.353. The predicted molar refractivity (Wildman–Crippen MR) is 166 cm³/mol. The van der Waals surface area contributed by atoms with Crippen LogP contribution in [0.2, 0.25) is 0 Å². The number of nitrogens with zero attached hydrogens (tertiary/aromatic N) is 3. The van der Waals surface area contributed by atoms with Gasteiger partial charge >= 0.3 is 12.1 Å². The Hall–Kier alpha value is -4.80. The molecule has 0 saturated heterocycles. The number of carbonyl (C=O) groups is 2. The van der Waals surface area contributed by atoms with Gasteiger partial charge in [0.05, 0.1) is 18.7 Å². The Labute approximate surface area is 261 Å². The minimum Gasteiger partial charge on any atom is -0.489 e. The van der Waals surface area contributed by atoms with E-state index in [1.54, 1.807) is 39.8 Å². The summed E-state index contributed by atoms with van der Waals surface area (Å²) in [5, 5.41) is 7.17. The molecule has 0 saturated carbocycles. The van der Waals surface area contributed by atoms with Crippen molar-refractivity contribution in [3.63, 3.8) is 0 Å². The number of alkyl carbamates (subject to hydrolysis) is 1. The molecule has 11 heteroatoms. The third-order valence-electron chi connectivity index (χ3n) is 6.68. The first-order valence-electron chi connectivity index (χ1n) is 14.7. The zero-order valence-corrected chi connectivity index (χ0v) is 26.3. The number of halogens is 2. The lowest BCUT2D eigenvalue weighted by molar-refractivity contribution is 0.0513. The Bertz CT molecular complexity index is 1610. The van der Waals surface area contributed by atoms with Gasteiger partial charge in [-0.3, -0.25) is 9.67 Å². The van der Waals surface area contributed by atoms with E-state index in [0.29, 0.717) is 11.5 Å². The van der Waals surface area contributed by atoms with E-state index in [-0.39, 0.29) is 49.0 Å². The summed E-state index contributed by atoms with van der Waals surface area (Å²) < 4.78 is 49.4. The molecule has 238 valence electrons. The van der Waals surface area contributed by atoms with Crippen molar-refractivity contribution in [3.05, 3.63) is 89.4 Å². The first-order valence-corrected chi connectivity index (χ1v) is 14.7. The van der Waals surface area contributed by atoms with Crippen LogP contribution in [0.25, 0.3) is 22.4 Å². The highest BCUT2D eigenvalue weighted by atomic mass is 19.1. The summed E-state index contributed by atoms with van der Waals surface area (Å²) >= 11 is 0. The second kappa shape index (κ2) is 14.3. The number of aromatic nitrogens is 3. The van der Waals surface area contributed by atoms with E-state index in [0.717, 1.165) is 17.7 Å². The smallest absolute Gasteiger partial charge is 0.407 e. The number of hydrogen-bond acceptors (Lipinski definition) is 7. The molecular weight excluding hydrogens is 582 g/mol. The molecule has 4 aromatic rings. The maximum Gasteiger partial charge on any atom is 0.407 e. The maximum atomic E-state index is 15.9. The Balaban J connectivity index is 1.73. The molecule has 0 aliphatic rings. The van der Waals surface area contributed by atoms with Crippen LogP contribution < -0.4 is 10.1 Å². The highest BCUT2D eigenvalue weighted by molar-refractivity contribution is 6.00. The predicted octanol–water partition coefficient (Wildman–Crippen LogP) is 7.29. The molecule has 0 spiro atoms. The largest absolute Gasteiger partial charge is 0.489 e. The molecule has 4 rings (SSSR count). The highest BCUT2D eigenvalue weighted by Gasteiger charge is 2.31. The number of ether oxygens (including phenoxy) is 3. The molecule has 2 aromatic heterocycles. The maximum absolute atomic E-state index is 15.9. The van der Waals surface area contributed by atoms with Crippen molar-refractivity contribution in [1.29, 1.82) is 0 Å². The van der Waals surface area contributed by atoms with Crippen molar-refractivity contribution in [2.24, 2.45) is 0 Å². The van der Waals surface area contributed by atoms with Crippen LogP contribution in [0, 0.1) is 11.6 Å². The Kier molecular flexibility index (Phi) is 10.5. The summed E-state index contributed by atoms with van der Waals surface area (Å²) in [5.41, 5.74) is 1.16. The van der Waals surface area contributed by atoms with Crippen molar-refractivity contribution in [3.8, 4) is 28.1 Å². The molecule has 0 fully saturated rings. The van der Waals surface area contributed by atoms with Gasteiger partial charge in [-0.05, 0) is 56.9 Å². The van der Waals surface area contributed by atoms with Gasteiger partial charge in [-0.25, -0.2) is 18.4 Å². The third kappa shape index (κ3) is 8.43. The summed E-state index contributed by atoms with van der Waals surface area (Å²) in [5.74, 6) is -2.38. The number of nitrogens with one attached hydrogen (secondary N) is 1. The summed E-state index contributed by atoms with van der Waals surface area (Å²) in [6, 6.07) is 13.2. The zero-order valence-electron chi connectivity index (χ0n) is 26.3. The van der Waals surface area contributed by atoms with Gasteiger partial charge in [0, 0.05) is 42.2 Å². The molecule has 0 unspecified atom stereocenters. The minimum atomic E-state index is -0.951. The number of rotatable bonds is 11. The van der Waals surface area contributed by atoms with Crippen LogP contribution >= 0.6 is 0 Å². The van der Waals surface area contributed by atoms with Gasteiger partial charge < -0.3 is 19.5 Å². The second-order valence-electron chi connectivity index (χ2n) is 11.6. The molecule has 2 aromatic carbocycles. The molecule has 0 bridgehead atoms. The van der Waals surface area contributed by atoms with Gasteiger partial charge in [-0.15, -0.1) is 0 Å². The minimum absolute atomic E-state index is 0.00805. The average Bonchev–Trinajstić information content (AvgIpc) is 3.34. The van der Waals surface area contributed by atoms with Crippen LogP contribution in [0.1, 0.15) is 69.1 Å². The molecule has 9 nitrogen and oxygen atoms in total. The quantitative estimate of drug-likeness (QED) is 0.176. The zero-order chi connectivity index (χ0) is 32.7. The van der Waals surface area contributed by atoms with Crippen LogP contribution in [0.4, 0.5) is 13.6 Å². The van der Waals surface area contributed by atoms with Crippen LogP contribution in [0.3, 0.4) is 0 Å². The standard InChI is InChI=1S/C34H38F2N4O5/c1-7-43-32(41)31-29(28-26(35)18-25(19-27(28)36)44-20-22-8-10-23(11-9-22)21(2)3)30(24-12-14-37-15-13-24)39-40(31)17-16-38-33(42)45-34(4,5)6/h8-15,18-19,21H,7,16-17,20H2,1-6H3,(H,38,42). The van der Waals surface area contributed by atoms with E-state index < -0.39 is 34.9 Å². The topological polar surface area (TPSA) is 105 Å². The van der Waals surface area contributed by atoms with E-state index in [1.165, 1.54) is 22.6 Å². The van der Waals surface area contributed by atoms with Crippen LogP contribution in [-0.4, -0.2) is 45.6 Å². The van der Waals surface area contributed by atoms with Gasteiger partial charge in [-0.1, -0.05) is 38.1 Å². The van der Waals surface area contributed by atoms with Crippen molar-refractivity contribution in [2.75, 3.05) is 13.2 Å². The molecule has 0 radical (unpaired) electrons. The monoisotopic (exact) mass is 620 g/mol. The third-order valence-corrected chi connectivity index (χ3v) is 6.68. The fourth-order valence-electron chi connectivity index (χ4n) is 4.59. The van der Waals surface area contributed by atoms with Crippen LogP contribution in [-0.2, 0) is 22.6 Å². The van der Waals surface area contributed by atoms with Crippen molar-refractivity contribution >= 4 is 12.1 Å². The molecule has 45 heavy (non-hydrogen) atoms. The van der Waals surface area contributed by atoms with Crippen LogP contribution in [0.15, 0.2) is 60.9 Å². The number of amides is 1. The summed E-state index contributed by atoms with van der Waals surface area (Å²) in [6.07, 6.45) is 2.35. The molecular formula is C34H38F2N4O5. The number of esters is 1. The molecule has 2 heterocycles. The van der Waals surface area contributed by atoms with Crippen molar-refractivity contribution in [2.45, 2.75) is 66.2 Å².